The highest BCUT2D eigenvalue weighted by Gasteiger charge is 2.24. The molecule has 10 rings (SSSR count). The van der Waals surface area contributed by atoms with Gasteiger partial charge in [-0.1, -0.05) is 170 Å². The standard InChI is InChI=1S/C52H35NO/c1-3-14-36(15-4-1)38-26-29-40(30-27-38)45-22-9-11-24-48(45)53(44-21-13-20-42(35-44)43-31-28-37-16-7-8-19-41(37)34-43)49-33-32-46(39-17-5-2-6-18-39)52-51(49)47-23-10-12-25-50(47)54-52/h1-35H. The molecule has 1 heterocycles. The van der Waals surface area contributed by atoms with E-state index in [0.717, 1.165) is 66.8 Å². The van der Waals surface area contributed by atoms with Gasteiger partial charge in [-0.2, -0.15) is 0 Å². The van der Waals surface area contributed by atoms with Crippen molar-refractivity contribution in [1.29, 1.82) is 0 Å². The molecule has 0 fully saturated rings. The monoisotopic (exact) mass is 689 g/mol. The number of rotatable bonds is 7. The maximum Gasteiger partial charge on any atom is 0.145 e. The molecule has 0 aliphatic rings. The van der Waals surface area contributed by atoms with Gasteiger partial charge in [0.1, 0.15) is 11.2 Å². The predicted molar refractivity (Wildman–Crippen MR) is 228 cm³/mol. The Morgan fingerprint density at radius 2 is 0.926 bits per heavy atom. The third-order valence-corrected chi connectivity index (χ3v) is 10.5. The Kier molecular flexibility index (Phi) is 7.85. The number of benzene rings is 9. The average Bonchev–Trinajstić information content (AvgIpc) is 3.65. The van der Waals surface area contributed by atoms with Crippen LogP contribution >= 0.6 is 0 Å². The van der Waals surface area contributed by atoms with E-state index in [1.165, 1.54) is 27.5 Å². The highest BCUT2D eigenvalue weighted by molar-refractivity contribution is 6.17. The summed E-state index contributed by atoms with van der Waals surface area (Å²) in [6, 6.07) is 75.9. The van der Waals surface area contributed by atoms with E-state index in [9.17, 15) is 0 Å². The number of hydrogen-bond donors (Lipinski definition) is 0. The maximum atomic E-state index is 6.78. The van der Waals surface area contributed by atoms with Crippen LogP contribution in [0.25, 0.3) is 77.2 Å². The van der Waals surface area contributed by atoms with E-state index in [0.29, 0.717) is 0 Å². The van der Waals surface area contributed by atoms with Crippen LogP contribution in [0.3, 0.4) is 0 Å². The van der Waals surface area contributed by atoms with E-state index < -0.39 is 0 Å². The van der Waals surface area contributed by atoms with Crippen molar-refractivity contribution in [3.63, 3.8) is 0 Å². The molecule has 9 aromatic carbocycles. The van der Waals surface area contributed by atoms with Gasteiger partial charge in [0.2, 0.25) is 0 Å². The molecule has 0 saturated carbocycles. The molecule has 1 aromatic heterocycles. The van der Waals surface area contributed by atoms with Gasteiger partial charge in [-0.05, 0) is 86.6 Å². The largest absolute Gasteiger partial charge is 0.455 e. The van der Waals surface area contributed by atoms with Gasteiger partial charge in [-0.25, -0.2) is 0 Å². The number of anilines is 3. The lowest BCUT2D eigenvalue weighted by atomic mass is 9.96. The molecular weight excluding hydrogens is 655 g/mol. The average molecular weight is 690 g/mol. The van der Waals surface area contributed by atoms with Crippen LogP contribution in [0, 0.1) is 0 Å². The SMILES string of the molecule is c1ccc(-c2ccc(-c3ccccc3N(c3cccc(-c4ccc5ccccc5c4)c3)c3ccc(-c4ccccc4)c4oc5ccccc5c34)cc2)cc1. The first-order valence-corrected chi connectivity index (χ1v) is 18.4. The van der Waals surface area contributed by atoms with Crippen molar-refractivity contribution in [3.8, 4) is 44.5 Å². The summed E-state index contributed by atoms with van der Waals surface area (Å²) in [6.07, 6.45) is 0. The van der Waals surface area contributed by atoms with E-state index in [1.807, 2.05) is 6.07 Å². The van der Waals surface area contributed by atoms with Gasteiger partial charge in [0, 0.05) is 22.2 Å². The van der Waals surface area contributed by atoms with Gasteiger partial charge in [-0.3, -0.25) is 0 Å². The molecule has 0 bridgehead atoms. The summed E-state index contributed by atoms with van der Waals surface area (Å²) in [5.74, 6) is 0. The van der Waals surface area contributed by atoms with Crippen LogP contribution in [0.1, 0.15) is 0 Å². The Morgan fingerprint density at radius 3 is 1.76 bits per heavy atom. The van der Waals surface area contributed by atoms with Crippen molar-refractivity contribution in [1.82, 2.24) is 0 Å². The topological polar surface area (TPSA) is 16.4 Å². The molecule has 10 aromatic rings. The zero-order chi connectivity index (χ0) is 35.8. The Labute approximate surface area is 314 Å². The van der Waals surface area contributed by atoms with Crippen LogP contribution in [0.5, 0.6) is 0 Å². The minimum Gasteiger partial charge on any atom is -0.455 e. The summed E-state index contributed by atoms with van der Waals surface area (Å²) < 4.78 is 6.78. The Hall–Kier alpha value is -7.16. The zero-order valence-corrected chi connectivity index (χ0v) is 29.6. The van der Waals surface area contributed by atoms with Crippen LogP contribution in [0.4, 0.5) is 17.1 Å². The molecule has 0 saturated heterocycles. The maximum absolute atomic E-state index is 6.78. The number of para-hydroxylation sites is 2. The van der Waals surface area contributed by atoms with E-state index in [1.54, 1.807) is 0 Å². The molecule has 0 N–H and O–H groups in total. The molecule has 0 aliphatic carbocycles. The summed E-state index contributed by atoms with van der Waals surface area (Å²) in [7, 11) is 0. The lowest BCUT2D eigenvalue weighted by Crippen LogP contribution is -2.12. The summed E-state index contributed by atoms with van der Waals surface area (Å²) in [4.78, 5) is 2.42. The molecule has 2 heteroatoms. The first-order valence-electron chi connectivity index (χ1n) is 18.4. The fourth-order valence-electron chi connectivity index (χ4n) is 7.83. The van der Waals surface area contributed by atoms with Gasteiger partial charge < -0.3 is 9.32 Å². The fourth-order valence-corrected chi connectivity index (χ4v) is 7.83. The zero-order valence-electron chi connectivity index (χ0n) is 29.6. The molecule has 0 spiro atoms. The molecule has 2 nitrogen and oxygen atoms in total. The molecule has 0 amide bonds. The van der Waals surface area contributed by atoms with Crippen molar-refractivity contribution < 1.29 is 4.42 Å². The summed E-state index contributed by atoms with van der Waals surface area (Å²) in [6.45, 7) is 0. The molecule has 0 aliphatic heterocycles. The molecule has 0 radical (unpaired) electrons. The lowest BCUT2D eigenvalue weighted by molar-refractivity contribution is 0.670. The third-order valence-electron chi connectivity index (χ3n) is 10.5. The highest BCUT2D eigenvalue weighted by atomic mass is 16.3. The summed E-state index contributed by atoms with van der Waals surface area (Å²) >= 11 is 0. The van der Waals surface area contributed by atoms with Gasteiger partial charge in [-0.15, -0.1) is 0 Å². The smallest absolute Gasteiger partial charge is 0.145 e. The predicted octanol–water partition coefficient (Wildman–Crippen LogP) is 14.9. The molecule has 0 unspecified atom stereocenters. The quantitative estimate of drug-likeness (QED) is 0.166. The number of hydrogen-bond acceptors (Lipinski definition) is 2. The van der Waals surface area contributed by atoms with Crippen LogP contribution in [0.2, 0.25) is 0 Å². The van der Waals surface area contributed by atoms with Crippen LogP contribution in [0.15, 0.2) is 217 Å². The lowest BCUT2D eigenvalue weighted by Gasteiger charge is -2.29. The molecule has 254 valence electrons. The van der Waals surface area contributed by atoms with E-state index in [2.05, 4.69) is 211 Å². The second-order valence-corrected chi connectivity index (χ2v) is 13.7. The van der Waals surface area contributed by atoms with E-state index in [-0.39, 0.29) is 0 Å². The van der Waals surface area contributed by atoms with Crippen molar-refractivity contribution in [3.05, 3.63) is 212 Å². The normalized spacial score (nSPS) is 11.3. The number of fused-ring (bicyclic) bond motifs is 4. The van der Waals surface area contributed by atoms with Crippen molar-refractivity contribution in [2.24, 2.45) is 0 Å². The van der Waals surface area contributed by atoms with Crippen LogP contribution in [-0.4, -0.2) is 0 Å². The first-order chi connectivity index (χ1) is 26.8. The molecular formula is C52H35NO. The van der Waals surface area contributed by atoms with Crippen molar-refractivity contribution >= 4 is 49.8 Å². The highest BCUT2D eigenvalue weighted by Crippen LogP contribution is 2.48. The molecule has 0 atom stereocenters. The van der Waals surface area contributed by atoms with E-state index in [4.69, 9.17) is 4.42 Å². The second-order valence-electron chi connectivity index (χ2n) is 13.7. The van der Waals surface area contributed by atoms with Crippen molar-refractivity contribution in [2.45, 2.75) is 0 Å². The molecule has 54 heavy (non-hydrogen) atoms. The van der Waals surface area contributed by atoms with Crippen LogP contribution in [-0.2, 0) is 0 Å². The summed E-state index contributed by atoms with van der Waals surface area (Å²) in [5.41, 5.74) is 14.2. The Balaban J connectivity index is 1.21. The van der Waals surface area contributed by atoms with Crippen LogP contribution < -0.4 is 4.90 Å². The van der Waals surface area contributed by atoms with Gasteiger partial charge in [0.15, 0.2) is 0 Å². The minimum atomic E-state index is 0.867. The first kappa shape index (κ1) is 31.6. The summed E-state index contributed by atoms with van der Waals surface area (Å²) in [5, 5.41) is 4.63. The van der Waals surface area contributed by atoms with Crippen molar-refractivity contribution in [2.75, 3.05) is 4.90 Å². The van der Waals surface area contributed by atoms with Gasteiger partial charge >= 0.3 is 0 Å². The Morgan fingerprint density at radius 1 is 0.333 bits per heavy atom. The van der Waals surface area contributed by atoms with E-state index >= 15 is 0 Å². The van der Waals surface area contributed by atoms with Gasteiger partial charge in [0.05, 0.1) is 16.8 Å². The van der Waals surface area contributed by atoms with Gasteiger partial charge in [0.25, 0.3) is 0 Å². The fraction of sp³-hybridized carbons (Fsp3) is 0. The Bertz CT molecular complexity index is 2920. The number of nitrogens with zero attached hydrogens (tertiary/aromatic N) is 1. The minimum absolute atomic E-state index is 0.867. The second kappa shape index (κ2) is 13.4. The third kappa shape index (κ3) is 5.62. The number of furan rings is 1.